The highest BCUT2D eigenvalue weighted by atomic mass is 16.5. The van der Waals surface area contributed by atoms with Crippen LogP contribution in [0.15, 0.2) is 24.3 Å². The Morgan fingerprint density at radius 3 is 2.42 bits per heavy atom. The van der Waals surface area contributed by atoms with Crippen LogP contribution in [0.25, 0.3) is 0 Å². The minimum absolute atomic E-state index is 0.168. The van der Waals surface area contributed by atoms with E-state index >= 15 is 0 Å². The van der Waals surface area contributed by atoms with Crippen molar-refractivity contribution in [1.29, 1.82) is 0 Å². The number of benzene rings is 1. The van der Waals surface area contributed by atoms with E-state index in [-0.39, 0.29) is 11.9 Å². The molecular formula is C20H28N2O2. The second-order valence-electron chi connectivity index (χ2n) is 7.84. The third-order valence-corrected chi connectivity index (χ3v) is 5.93. The lowest BCUT2D eigenvalue weighted by atomic mass is 9.89. The van der Waals surface area contributed by atoms with Crippen LogP contribution in [-0.4, -0.2) is 25.1 Å². The Balaban J connectivity index is 1.36. The van der Waals surface area contributed by atoms with Crippen molar-refractivity contribution in [3.63, 3.8) is 0 Å². The molecule has 0 radical (unpaired) electrons. The number of rotatable bonds is 6. The number of hydrogen-bond donors (Lipinski definition) is 2. The largest absolute Gasteiger partial charge is 0.497 e. The normalized spacial score (nSPS) is 30.0. The van der Waals surface area contributed by atoms with E-state index in [1.165, 1.54) is 44.1 Å². The molecule has 1 aromatic carbocycles. The number of piperidine rings is 1. The Morgan fingerprint density at radius 1 is 1.17 bits per heavy atom. The highest BCUT2D eigenvalue weighted by molar-refractivity contribution is 5.76. The van der Waals surface area contributed by atoms with Crippen LogP contribution < -0.4 is 15.4 Å². The molecule has 3 atom stereocenters. The maximum Gasteiger partial charge on any atom is 0.220 e. The first-order valence-electron chi connectivity index (χ1n) is 9.40. The van der Waals surface area contributed by atoms with Crippen LogP contribution in [-0.2, 0) is 4.79 Å². The van der Waals surface area contributed by atoms with E-state index in [4.69, 9.17) is 4.74 Å². The van der Waals surface area contributed by atoms with Gasteiger partial charge >= 0.3 is 0 Å². The predicted molar refractivity (Wildman–Crippen MR) is 93.9 cm³/mol. The van der Waals surface area contributed by atoms with Gasteiger partial charge in [-0.2, -0.15) is 0 Å². The van der Waals surface area contributed by atoms with Gasteiger partial charge in [0, 0.05) is 18.5 Å². The second kappa shape index (κ2) is 6.75. The van der Waals surface area contributed by atoms with Crippen LogP contribution in [0.3, 0.4) is 0 Å². The van der Waals surface area contributed by atoms with Gasteiger partial charge in [0.15, 0.2) is 0 Å². The molecular weight excluding hydrogens is 300 g/mol. The van der Waals surface area contributed by atoms with Crippen molar-refractivity contribution in [2.45, 2.75) is 63.1 Å². The molecule has 4 heteroatoms. The second-order valence-corrected chi connectivity index (χ2v) is 7.84. The molecule has 3 fully saturated rings. The van der Waals surface area contributed by atoms with Gasteiger partial charge in [-0.1, -0.05) is 12.1 Å². The van der Waals surface area contributed by atoms with Gasteiger partial charge in [0.05, 0.1) is 13.2 Å². The van der Waals surface area contributed by atoms with Crippen molar-refractivity contribution in [2.24, 2.45) is 11.8 Å². The minimum Gasteiger partial charge on any atom is -0.497 e. The molecule has 3 aliphatic rings. The Hall–Kier alpha value is -1.55. The summed E-state index contributed by atoms with van der Waals surface area (Å²) in [6.07, 6.45) is 8.04. The first-order valence-corrected chi connectivity index (χ1v) is 9.40. The lowest BCUT2D eigenvalue weighted by molar-refractivity contribution is -0.123. The van der Waals surface area contributed by atoms with E-state index < -0.39 is 0 Å². The van der Waals surface area contributed by atoms with Crippen LogP contribution in [0.1, 0.15) is 56.6 Å². The summed E-state index contributed by atoms with van der Waals surface area (Å²) in [4.78, 5) is 12.6. The molecule has 1 saturated carbocycles. The summed E-state index contributed by atoms with van der Waals surface area (Å²) < 4.78 is 5.24. The van der Waals surface area contributed by atoms with Crippen LogP contribution in [0, 0.1) is 11.8 Å². The number of fused-ring (bicyclic) bond motifs is 2. The molecule has 4 nitrogen and oxygen atoms in total. The van der Waals surface area contributed by atoms with Gasteiger partial charge in [-0.3, -0.25) is 4.79 Å². The third-order valence-electron chi connectivity index (χ3n) is 5.93. The molecule has 3 unspecified atom stereocenters. The first-order chi connectivity index (χ1) is 11.7. The third kappa shape index (κ3) is 3.59. The lowest BCUT2D eigenvalue weighted by Crippen LogP contribution is -2.40. The Morgan fingerprint density at radius 2 is 1.83 bits per heavy atom. The fraction of sp³-hybridized carbons (Fsp3) is 0.650. The molecule has 2 aliphatic heterocycles. The molecule has 0 spiro atoms. The molecule has 2 saturated heterocycles. The molecule has 2 heterocycles. The zero-order valence-corrected chi connectivity index (χ0v) is 14.5. The van der Waals surface area contributed by atoms with Crippen LogP contribution in [0.4, 0.5) is 0 Å². The highest BCUT2D eigenvalue weighted by Crippen LogP contribution is 2.41. The van der Waals surface area contributed by atoms with Crippen LogP contribution >= 0.6 is 0 Å². The van der Waals surface area contributed by atoms with E-state index in [2.05, 4.69) is 22.8 Å². The van der Waals surface area contributed by atoms with Crippen molar-refractivity contribution in [3.8, 4) is 5.75 Å². The fourth-order valence-corrected chi connectivity index (χ4v) is 4.55. The Kier molecular flexibility index (Phi) is 4.49. The van der Waals surface area contributed by atoms with Gasteiger partial charge in [-0.05, 0) is 68.1 Å². The van der Waals surface area contributed by atoms with E-state index in [1.54, 1.807) is 7.11 Å². The standard InChI is InChI=1S/C20H28N2O2/c1-24-18-8-4-15(5-9-18)20(14-2-3-14)22-19(23)12-13-10-16-6-7-17(11-13)21-16/h4-5,8-9,13-14,16-17,20-21H,2-3,6-7,10-12H2,1H3,(H,22,23). The number of carbonyl (C=O) groups excluding carboxylic acids is 1. The summed E-state index contributed by atoms with van der Waals surface area (Å²) in [7, 11) is 1.68. The van der Waals surface area contributed by atoms with Gasteiger partial charge in [-0.15, -0.1) is 0 Å². The van der Waals surface area contributed by atoms with Crippen molar-refractivity contribution < 1.29 is 9.53 Å². The average Bonchev–Trinajstić information content (AvgIpc) is 3.37. The highest BCUT2D eigenvalue weighted by Gasteiger charge is 2.36. The zero-order valence-electron chi connectivity index (χ0n) is 14.5. The Labute approximate surface area is 144 Å². The molecule has 1 aromatic rings. The first kappa shape index (κ1) is 15.9. The maximum atomic E-state index is 12.6. The molecule has 4 rings (SSSR count). The van der Waals surface area contributed by atoms with E-state index in [1.807, 2.05) is 12.1 Å². The lowest BCUT2D eigenvalue weighted by Gasteiger charge is -2.29. The van der Waals surface area contributed by atoms with Gasteiger partial charge in [0.2, 0.25) is 5.91 Å². The molecule has 0 aromatic heterocycles. The summed E-state index contributed by atoms with van der Waals surface area (Å²) in [5, 5.41) is 6.99. The van der Waals surface area contributed by atoms with Gasteiger partial charge in [-0.25, -0.2) is 0 Å². The SMILES string of the molecule is COc1ccc(C(NC(=O)CC2CC3CCC(C2)N3)C2CC2)cc1. The average molecular weight is 328 g/mol. The topological polar surface area (TPSA) is 50.4 Å². The van der Waals surface area contributed by atoms with Crippen LogP contribution in [0.2, 0.25) is 0 Å². The van der Waals surface area contributed by atoms with Gasteiger partial charge < -0.3 is 15.4 Å². The summed E-state index contributed by atoms with van der Waals surface area (Å²) in [6, 6.07) is 9.63. The fourth-order valence-electron chi connectivity index (χ4n) is 4.55. The van der Waals surface area contributed by atoms with Gasteiger partial charge in [0.25, 0.3) is 0 Å². The van der Waals surface area contributed by atoms with Crippen LogP contribution in [0.5, 0.6) is 5.75 Å². The summed E-state index contributed by atoms with van der Waals surface area (Å²) >= 11 is 0. The number of nitrogens with one attached hydrogen (secondary N) is 2. The van der Waals surface area contributed by atoms with E-state index in [9.17, 15) is 4.79 Å². The summed E-state index contributed by atoms with van der Waals surface area (Å²) in [6.45, 7) is 0. The monoisotopic (exact) mass is 328 g/mol. The van der Waals surface area contributed by atoms with Crippen molar-refractivity contribution in [3.05, 3.63) is 29.8 Å². The zero-order chi connectivity index (χ0) is 16.5. The molecule has 130 valence electrons. The number of hydrogen-bond acceptors (Lipinski definition) is 3. The van der Waals surface area contributed by atoms with Crippen molar-refractivity contribution >= 4 is 5.91 Å². The van der Waals surface area contributed by atoms with Gasteiger partial charge in [0.1, 0.15) is 5.75 Å². The molecule has 1 amide bonds. The molecule has 1 aliphatic carbocycles. The van der Waals surface area contributed by atoms with E-state index in [0.29, 0.717) is 30.3 Å². The number of amides is 1. The minimum atomic E-state index is 0.168. The van der Waals surface area contributed by atoms with Crippen molar-refractivity contribution in [1.82, 2.24) is 10.6 Å². The molecule has 24 heavy (non-hydrogen) atoms. The quantitative estimate of drug-likeness (QED) is 0.843. The number of methoxy groups -OCH3 is 1. The summed E-state index contributed by atoms with van der Waals surface area (Å²) in [5.41, 5.74) is 1.21. The smallest absolute Gasteiger partial charge is 0.220 e. The molecule has 2 N–H and O–H groups in total. The van der Waals surface area contributed by atoms with Crippen molar-refractivity contribution in [2.75, 3.05) is 7.11 Å². The Bertz CT molecular complexity index is 570. The number of carbonyl (C=O) groups is 1. The van der Waals surface area contributed by atoms with E-state index in [0.717, 1.165) is 5.75 Å². The number of ether oxygens (including phenoxy) is 1. The maximum absolute atomic E-state index is 12.6. The predicted octanol–water partition coefficient (Wildman–Crippen LogP) is 3.18. The molecule has 2 bridgehead atoms. The summed E-state index contributed by atoms with van der Waals surface area (Å²) in [5.74, 6) is 2.25.